The van der Waals surface area contributed by atoms with Crippen molar-refractivity contribution in [2.45, 2.75) is 55.4 Å². The standard InChI is InChI=1S/C22H28/c1-13-9-15(3)19-17(5)18(6)20-16(4)10-14(2)12-22(20,8)21(19,7)11-13/h9-12H,1-8H3. The van der Waals surface area contributed by atoms with Gasteiger partial charge in [0.2, 0.25) is 0 Å². The van der Waals surface area contributed by atoms with Crippen LogP contribution in [0.2, 0.25) is 0 Å². The molecule has 3 aliphatic carbocycles. The van der Waals surface area contributed by atoms with E-state index in [1.165, 1.54) is 44.6 Å². The Bertz CT molecular complexity index is 692. The third-order valence-corrected chi connectivity index (χ3v) is 6.14. The highest BCUT2D eigenvalue weighted by Gasteiger charge is 2.52. The summed E-state index contributed by atoms with van der Waals surface area (Å²) in [4.78, 5) is 0. The highest BCUT2D eigenvalue weighted by molar-refractivity contribution is 5.66. The molecular formula is C22H28. The summed E-state index contributed by atoms with van der Waals surface area (Å²) >= 11 is 0. The minimum absolute atomic E-state index is 0.0334. The number of fused-ring (bicyclic) bond motifs is 3. The zero-order valence-corrected chi connectivity index (χ0v) is 15.3. The van der Waals surface area contributed by atoms with E-state index in [0.29, 0.717) is 0 Å². The van der Waals surface area contributed by atoms with Gasteiger partial charge in [0.1, 0.15) is 0 Å². The van der Waals surface area contributed by atoms with Crippen LogP contribution in [0.3, 0.4) is 0 Å². The largest absolute Gasteiger partial charge is 0.0701 e. The number of hydrogen-bond donors (Lipinski definition) is 0. The van der Waals surface area contributed by atoms with E-state index in [1.54, 1.807) is 0 Å². The molecule has 0 saturated carbocycles. The van der Waals surface area contributed by atoms with Gasteiger partial charge in [-0.1, -0.05) is 49.3 Å². The maximum Gasteiger partial charge on any atom is 0.0244 e. The Morgan fingerprint density at radius 3 is 1.23 bits per heavy atom. The fourth-order valence-corrected chi connectivity index (χ4v) is 5.35. The van der Waals surface area contributed by atoms with Crippen molar-refractivity contribution in [1.82, 2.24) is 0 Å². The smallest absolute Gasteiger partial charge is 0.0244 e. The van der Waals surface area contributed by atoms with Crippen LogP contribution in [0.15, 0.2) is 68.9 Å². The number of allylic oxidation sites excluding steroid dienone is 12. The zero-order valence-electron chi connectivity index (χ0n) is 15.3. The summed E-state index contributed by atoms with van der Waals surface area (Å²) in [6.07, 6.45) is 9.66. The van der Waals surface area contributed by atoms with Gasteiger partial charge < -0.3 is 0 Å². The van der Waals surface area contributed by atoms with E-state index < -0.39 is 0 Å². The lowest BCUT2D eigenvalue weighted by atomic mass is 9.49. The topological polar surface area (TPSA) is 0 Å². The lowest BCUT2D eigenvalue weighted by Gasteiger charge is -2.54. The molecule has 0 fully saturated rings. The molecular weight excluding hydrogens is 264 g/mol. The zero-order chi connectivity index (χ0) is 16.4. The molecule has 22 heavy (non-hydrogen) atoms. The van der Waals surface area contributed by atoms with Gasteiger partial charge in [0.05, 0.1) is 0 Å². The molecule has 0 heteroatoms. The van der Waals surface area contributed by atoms with Crippen LogP contribution >= 0.6 is 0 Å². The first kappa shape index (κ1) is 15.3. The van der Waals surface area contributed by atoms with Crippen LogP contribution in [0.4, 0.5) is 0 Å². The molecule has 0 saturated heterocycles. The van der Waals surface area contributed by atoms with Gasteiger partial charge >= 0.3 is 0 Å². The molecule has 0 aromatic rings. The number of hydrogen-bond acceptors (Lipinski definition) is 0. The molecule has 0 N–H and O–H groups in total. The van der Waals surface area contributed by atoms with Crippen LogP contribution in [0.25, 0.3) is 0 Å². The Morgan fingerprint density at radius 2 is 0.909 bits per heavy atom. The second-order valence-corrected chi connectivity index (χ2v) is 7.84. The summed E-state index contributed by atoms with van der Waals surface area (Å²) in [5.74, 6) is 0. The van der Waals surface area contributed by atoms with Crippen LogP contribution in [0.5, 0.6) is 0 Å². The minimum atomic E-state index is 0.0334. The molecule has 0 radical (unpaired) electrons. The molecule has 3 rings (SSSR count). The summed E-state index contributed by atoms with van der Waals surface area (Å²) < 4.78 is 0. The summed E-state index contributed by atoms with van der Waals surface area (Å²) in [6.45, 7) is 18.5. The quantitative estimate of drug-likeness (QED) is 0.480. The fraction of sp³-hybridized carbons (Fsp3) is 0.455. The van der Waals surface area contributed by atoms with Gasteiger partial charge in [-0.2, -0.15) is 0 Å². The first-order chi connectivity index (χ1) is 10.1. The lowest BCUT2D eigenvalue weighted by Crippen LogP contribution is -2.44. The van der Waals surface area contributed by atoms with Crippen molar-refractivity contribution in [2.75, 3.05) is 0 Å². The average molecular weight is 292 g/mol. The first-order valence-electron chi connectivity index (χ1n) is 8.31. The van der Waals surface area contributed by atoms with Crippen molar-refractivity contribution < 1.29 is 0 Å². The van der Waals surface area contributed by atoms with E-state index in [1.807, 2.05) is 0 Å². The molecule has 2 unspecified atom stereocenters. The molecule has 3 aliphatic rings. The molecule has 2 atom stereocenters. The molecule has 0 bridgehead atoms. The van der Waals surface area contributed by atoms with Crippen molar-refractivity contribution in [3.63, 3.8) is 0 Å². The van der Waals surface area contributed by atoms with Crippen molar-refractivity contribution in [3.05, 3.63) is 68.9 Å². The minimum Gasteiger partial charge on any atom is -0.0701 e. The Balaban J connectivity index is 2.45. The van der Waals surface area contributed by atoms with Crippen molar-refractivity contribution >= 4 is 0 Å². The van der Waals surface area contributed by atoms with E-state index in [0.717, 1.165) is 0 Å². The van der Waals surface area contributed by atoms with Crippen LogP contribution in [-0.4, -0.2) is 0 Å². The van der Waals surface area contributed by atoms with Crippen molar-refractivity contribution in [1.29, 1.82) is 0 Å². The molecule has 116 valence electrons. The van der Waals surface area contributed by atoms with Crippen molar-refractivity contribution in [3.8, 4) is 0 Å². The molecule has 0 aromatic carbocycles. The van der Waals surface area contributed by atoms with E-state index >= 15 is 0 Å². The molecule has 0 heterocycles. The van der Waals surface area contributed by atoms with Gasteiger partial charge in [0.25, 0.3) is 0 Å². The third kappa shape index (κ3) is 1.70. The van der Waals surface area contributed by atoms with Gasteiger partial charge in [0.15, 0.2) is 0 Å². The Labute approximate surface area is 135 Å². The monoisotopic (exact) mass is 292 g/mol. The molecule has 0 aromatic heterocycles. The van der Waals surface area contributed by atoms with Crippen LogP contribution in [0, 0.1) is 10.8 Å². The highest BCUT2D eigenvalue weighted by Crippen LogP contribution is 2.63. The first-order valence-corrected chi connectivity index (χ1v) is 8.31. The number of rotatable bonds is 0. The molecule has 0 spiro atoms. The molecule has 0 amide bonds. The predicted molar refractivity (Wildman–Crippen MR) is 96.6 cm³/mol. The van der Waals surface area contributed by atoms with Gasteiger partial charge in [0, 0.05) is 10.8 Å². The third-order valence-electron chi connectivity index (χ3n) is 6.14. The SMILES string of the molecule is CC1=CC2(C)C(=C(C)C(C)=C3C(C)=CC(C)=CC32C)C(C)=C1. The van der Waals surface area contributed by atoms with Crippen molar-refractivity contribution in [2.24, 2.45) is 10.8 Å². The Kier molecular flexibility index (Phi) is 3.12. The van der Waals surface area contributed by atoms with E-state index in [4.69, 9.17) is 0 Å². The lowest BCUT2D eigenvalue weighted by molar-refractivity contribution is 0.267. The summed E-state index contributed by atoms with van der Waals surface area (Å²) in [6, 6.07) is 0. The average Bonchev–Trinajstić information content (AvgIpc) is 2.34. The van der Waals surface area contributed by atoms with Crippen LogP contribution in [0.1, 0.15) is 55.4 Å². The van der Waals surface area contributed by atoms with Gasteiger partial charge in [-0.15, -0.1) is 0 Å². The van der Waals surface area contributed by atoms with Gasteiger partial charge in [-0.25, -0.2) is 0 Å². The Hall–Kier alpha value is -1.56. The maximum atomic E-state index is 2.49. The maximum absolute atomic E-state index is 2.49. The van der Waals surface area contributed by atoms with Gasteiger partial charge in [-0.05, 0) is 75.0 Å². The highest BCUT2D eigenvalue weighted by atomic mass is 14.5. The van der Waals surface area contributed by atoms with E-state index in [2.05, 4.69) is 79.7 Å². The van der Waals surface area contributed by atoms with E-state index in [-0.39, 0.29) is 10.8 Å². The summed E-state index contributed by atoms with van der Waals surface area (Å²) in [7, 11) is 0. The molecule has 0 nitrogen and oxygen atoms in total. The predicted octanol–water partition coefficient (Wildman–Crippen LogP) is 6.46. The van der Waals surface area contributed by atoms with Crippen LogP contribution in [-0.2, 0) is 0 Å². The fourth-order valence-electron chi connectivity index (χ4n) is 5.35. The normalized spacial score (nSPS) is 34.5. The summed E-state index contributed by atoms with van der Waals surface area (Å²) in [5, 5.41) is 0. The summed E-state index contributed by atoms with van der Waals surface area (Å²) in [5.41, 5.74) is 11.7. The van der Waals surface area contributed by atoms with Gasteiger partial charge in [-0.3, -0.25) is 0 Å². The van der Waals surface area contributed by atoms with E-state index in [9.17, 15) is 0 Å². The molecule has 0 aliphatic heterocycles. The Morgan fingerprint density at radius 1 is 0.591 bits per heavy atom. The second-order valence-electron chi connectivity index (χ2n) is 7.84. The second kappa shape index (κ2) is 4.47. The van der Waals surface area contributed by atoms with Crippen LogP contribution < -0.4 is 0 Å².